The Morgan fingerprint density at radius 2 is 0.826 bits per heavy atom. The molecule has 0 amide bonds. The van der Waals surface area contributed by atoms with Crippen LogP contribution in [0.5, 0.6) is 0 Å². The average molecular weight is 892 g/mol. The van der Waals surface area contributed by atoms with Gasteiger partial charge in [-0.05, 0) is 187 Å². The fourth-order valence-electron chi connectivity index (χ4n) is 16.7. The summed E-state index contributed by atoms with van der Waals surface area (Å²) in [6.07, 6.45) is 11.0. The minimum absolute atomic E-state index is 0.131. The first kappa shape index (κ1) is 40.4. The zero-order valence-corrected chi connectivity index (χ0v) is 40.7. The number of para-hydroxylation sites is 1. The molecule has 1 nitrogen and oxygen atoms in total. The molecule has 8 aromatic carbocycles. The predicted molar refractivity (Wildman–Crippen MR) is 286 cm³/mol. The maximum Gasteiger partial charge on any atom is 0.0726 e. The van der Waals surface area contributed by atoms with Crippen LogP contribution in [0.2, 0.25) is 0 Å². The molecule has 0 N–H and O–H groups in total. The molecule has 0 aliphatic heterocycles. The summed E-state index contributed by atoms with van der Waals surface area (Å²) in [7, 11) is 0. The van der Waals surface area contributed by atoms with Crippen molar-refractivity contribution in [2.45, 2.75) is 101 Å². The van der Waals surface area contributed by atoms with Crippen molar-refractivity contribution >= 4 is 17.1 Å². The summed E-state index contributed by atoms with van der Waals surface area (Å²) in [5.74, 6) is 3.26. The standard InChI is InChI=1S/C68H61N/c1-65(2)58-19-11-8-17-52(58)54-32-28-49(38-60(54)65)69(64-21-13-10-16-51(64)44-14-6-5-7-15-44)50-29-33-57-53-18-9-12-20-59(53)68(63(57)39-50)61-36-47(66(3)40-42-22-24-45(66)34-42)26-30-55(61)56-31-27-48(37-62(56)68)67(4)41-43-23-25-46(67)35-43/h5-21,26-33,36-39,42-43,45-46H,22-25,34-35,40-41H2,1-4H3. The van der Waals surface area contributed by atoms with Crippen molar-refractivity contribution in [3.05, 3.63) is 220 Å². The van der Waals surface area contributed by atoms with E-state index < -0.39 is 5.41 Å². The fourth-order valence-corrected chi connectivity index (χ4v) is 16.7. The summed E-state index contributed by atoms with van der Waals surface area (Å²) in [6, 6.07) is 69.3. The number of rotatable bonds is 6. The molecule has 6 unspecified atom stereocenters. The molecule has 4 saturated carbocycles. The monoisotopic (exact) mass is 891 g/mol. The molecule has 1 heteroatoms. The maximum atomic E-state index is 2.75. The molecule has 8 aromatic rings. The number of fused-ring (bicyclic) bond motifs is 17. The Labute approximate surface area is 409 Å². The van der Waals surface area contributed by atoms with Crippen LogP contribution in [0.4, 0.5) is 17.1 Å². The van der Waals surface area contributed by atoms with Gasteiger partial charge in [0.2, 0.25) is 0 Å². The highest BCUT2D eigenvalue weighted by Gasteiger charge is 2.56. The van der Waals surface area contributed by atoms with E-state index >= 15 is 0 Å². The molecule has 15 rings (SSSR count). The molecule has 4 bridgehead atoms. The van der Waals surface area contributed by atoms with E-state index in [2.05, 4.69) is 209 Å². The molecule has 6 atom stereocenters. The van der Waals surface area contributed by atoms with Crippen LogP contribution in [0.1, 0.15) is 124 Å². The topological polar surface area (TPSA) is 3.24 Å². The molecule has 0 aromatic heterocycles. The second-order valence-corrected chi connectivity index (χ2v) is 23.7. The Balaban J connectivity index is 0.998. The molecular weight excluding hydrogens is 831 g/mol. The summed E-state index contributed by atoms with van der Waals surface area (Å²) < 4.78 is 0. The van der Waals surface area contributed by atoms with Crippen molar-refractivity contribution in [1.82, 2.24) is 0 Å². The molecule has 0 saturated heterocycles. The van der Waals surface area contributed by atoms with Gasteiger partial charge in [-0.2, -0.15) is 0 Å². The molecule has 0 radical (unpaired) electrons. The van der Waals surface area contributed by atoms with Gasteiger partial charge in [0, 0.05) is 22.4 Å². The maximum absolute atomic E-state index is 2.75. The lowest BCUT2D eigenvalue weighted by atomic mass is 9.65. The van der Waals surface area contributed by atoms with Crippen molar-refractivity contribution in [3.8, 4) is 44.5 Å². The van der Waals surface area contributed by atoms with Gasteiger partial charge < -0.3 is 4.90 Å². The predicted octanol–water partition coefficient (Wildman–Crippen LogP) is 17.6. The van der Waals surface area contributed by atoms with E-state index in [1.165, 1.54) is 146 Å². The van der Waals surface area contributed by atoms with Gasteiger partial charge in [-0.3, -0.25) is 0 Å². The number of hydrogen-bond acceptors (Lipinski definition) is 1. The van der Waals surface area contributed by atoms with Crippen LogP contribution in [0.25, 0.3) is 44.5 Å². The molecule has 0 heterocycles. The van der Waals surface area contributed by atoms with E-state index in [4.69, 9.17) is 0 Å². The third kappa shape index (κ3) is 5.32. The van der Waals surface area contributed by atoms with Crippen LogP contribution in [0, 0.1) is 23.7 Å². The van der Waals surface area contributed by atoms with Crippen LogP contribution in [0.3, 0.4) is 0 Å². The van der Waals surface area contributed by atoms with Crippen LogP contribution in [-0.2, 0) is 21.7 Å². The summed E-state index contributed by atoms with van der Waals surface area (Å²) >= 11 is 0. The Hall–Kier alpha value is -6.44. The smallest absolute Gasteiger partial charge is 0.0726 e. The third-order valence-corrected chi connectivity index (χ3v) is 20.1. The van der Waals surface area contributed by atoms with E-state index in [0.29, 0.717) is 0 Å². The largest absolute Gasteiger partial charge is 0.310 e. The Morgan fingerprint density at radius 1 is 0.377 bits per heavy atom. The summed E-state index contributed by atoms with van der Waals surface area (Å²) in [6.45, 7) is 10.1. The van der Waals surface area contributed by atoms with Gasteiger partial charge >= 0.3 is 0 Å². The van der Waals surface area contributed by atoms with E-state index in [1.807, 2.05) is 0 Å². The van der Waals surface area contributed by atoms with Gasteiger partial charge in [-0.25, -0.2) is 0 Å². The minimum atomic E-state index is -0.466. The van der Waals surface area contributed by atoms with Crippen molar-refractivity contribution in [1.29, 1.82) is 0 Å². The summed E-state index contributed by atoms with van der Waals surface area (Å²) in [5, 5.41) is 0. The highest BCUT2D eigenvalue weighted by molar-refractivity contribution is 5.98. The van der Waals surface area contributed by atoms with Gasteiger partial charge in [0.25, 0.3) is 0 Å². The summed E-state index contributed by atoms with van der Waals surface area (Å²) in [4.78, 5) is 2.59. The molecule has 1 spiro atoms. The van der Waals surface area contributed by atoms with Crippen LogP contribution < -0.4 is 4.90 Å². The van der Waals surface area contributed by atoms with Crippen LogP contribution >= 0.6 is 0 Å². The minimum Gasteiger partial charge on any atom is -0.310 e. The van der Waals surface area contributed by atoms with Gasteiger partial charge in [0.15, 0.2) is 0 Å². The van der Waals surface area contributed by atoms with Gasteiger partial charge in [-0.15, -0.1) is 0 Å². The van der Waals surface area contributed by atoms with Crippen LogP contribution in [0.15, 0.2) is 176 Å². The van der Waals surface area contributed by atoms with Crippen molar-refractivity contribution in [3.63, 3.8) is 0 Å². The zero-order valence-electron chi connectivity index (χ0n) is 40.7. The van der Waals surface area contributed by atoms with Crippen LogP contribution in [-0.4, -0.2) is 0 Å². The second-order valence-electron chi connectivity index (χ2n) is 23.7. The molecular formula is C68H61N. The zero-order chi connectivity index (χ0) is 46.0. The highest BCUT2D eigenvalue weighted by Crippen LogP contribution is 2.67. The number of benzene rings is 8. The second kappa shape index (κ2) is 14.1. The Morgan fingerprint density at radius 3 is 1.39 bits per heavy atom. The number of anilines is 3. The summed E-state index contributed by atoms with van der Waals surface area (Å²) in [5.41, 5.74) is 25.9. The fraction of sp³-hybridized carbons (Fsp3) is 0.294. The molecule has 7 aliphatic rings. The quantitative estimate of drug-likeness (QED) is 0.161. The third-order valence-electron chi connectivity index (χ3n) is 20.1. The number of hydrogen-bond donors (Lipinski definition) is 0. The van der Waals surface area contributed by atoms with Gasteiger partial charge in [0.1, 0.15) is 0 Å². The average Bonchev–Trinajstić information content (AvgIpc) is 4.28. The van der Waals surface area contributed by atoms with E-state index in [0.717, 1.165) is 23.7 Å². The first-order valence-electron chi connectivity index (χ1n) is 26.4. The normalized spacial score (nSPS) is 27.5. The van der Waals surface area contributed by atoms with Crippen molar-refractivity contribution < 1.29 is 0 Å². The highest BCUT2D eigenvalue weighted by atomic mass is 15.1. The first-order valence-corrected chi connectivity index (χ1v) is 26.4. The van der Waals surface area contributed by atoms with Gasteiger partial charge in [-0.1, -0.05) is 186 Å². The lowest BCUT2D eigenvalue weighted by Gasteiger charge is -2.38. The van der Waals surface area contributed by atoms with E-state index in [1.54, 1.807) is 11.1 Å². The van der Waals surface area contributed by atoms with Crippen molar-refractivity contribution in [2.24, 2.45) is 23.7 Å². The van der Waals surface area contributed by atoms with E-state index in [9.17, 15) is 0 Å². The molecule has 7 aliphatic carbocycles. The first-order chi connectivity index (χ1) is 33.6. The Bertz CT molecular complexity index is 3380. The Kier molecular flexibility index (Phi) is 8.26. The lowest BCUT2D eigenvalue weighted by Crippen LogP contribution is -2.32. The van der Waals surface area contributed by atoms with E-state index in [-0.39, 0.29) is 16.2 Å². The van der Waals surface area contributed by atoms with Crippen molar-refractivity contribution in [2.75, 3.05) is 4.90 Å². The molecule has 338 valence electrons. The molecule has 4 fully saturated rings. The lowest BCUT2D eigenvalue weighted by molar-refractivity contribution is 0.293. The number of nitrogens with zero attached hydrogens (tertiary/aromatic N) is 1. The van der Waals surface area contributed by atoms with Gasteiger partial charge in [0.05, 0.1) is 11.1 Å². The SMILES string of the molecule is CC1(C)c2ccccc2-c2ccc(N(c3ccc4c(c3)C3(c5ccccc5-4)c4cc(C5(C)CC6CCC5C6)ccc4-c4ccc(C5(C)CC6CCC5C6)cc43)c3ccccc3-c3ccccc3)cc21. The molecule has 69 heavy (non-hydrogen) atoms.